The largest absolute Gasteiger partial charge is 0.496 e. The maximum absolute atomic E-state index is 11.8. The number of carbonyl (C=O) groups is 1. The van der Waals surface area contributed by atoms with Gasteiger partial charge in [0, 0.05) is 5.56 Å². The number of rotatable bonds is 4. The van der Waals surface area contributed by atoms with Crippen molar-refractivity contribution in [1.29, 1.82) is 0 Å². The number of carbonyl (C=O) groups excluding carboxylic acids is 1. The number of ether oxygens (including phenoxy) is 3. The molecule has 0 aromatic heterocycles. The van der Waals surface area contributed by atoms with Crippen LogP contribution in [0.15, 0.2) is 42.5 Å². The molecule has 4 nitrogen and oxygen atoms in total. The molecule has 0 N–H and O–H groups in total. The molecule has 0 fully saturated rings. The van der Waals surface area contributed by atoms with Gasteiger partial charge in [-0.1, -0.05) is 30.3 Å². The molecule has 3 rings (SSSR count). The zero-order valence-electron chi connectivity index (χ0n) is 12.7. The Hall–Kier alpha value is -2.49. The summed E-state index contributed by atoms with van der Waals surface area (Å²) in [4.78, 5) is 11.8. The highest BCUT2D eigenvalue weighted by Gasteiger charge is 2.29. The van der Waals surface area contributed by atoms with Crippen LogP contribution in [0.2, 0.25) is 0 Å². The Labute approximate surface area is 129 Å². The number of methoxy groups -OCH3 is 1. The van der Waals surface area contributed by atoms with Gasteiger partial charge in [-0.2, -0.15) is 0 Å². The minimum absolute atomic E-state index is 0.196. The summed E-state index contributed by atoms with van der Waals surface area (Å²) in [5.41, 5.74) is 2.95. The van der Waals surface area contributed by atoms with Crippen molar-refractivity contribution in [2.75, 3.05) is 13.7 Å². The van der Waals surface area contributed by atoms with Gasteiger partial charge in [-0.3, -0.25) is 4.79 Å². The molecule has 4 heteroatoms. The zero-order valence-corrected chi connectivity index (χ0v) is 12.7. The first-order valence-electron chi connectivity index (χ1n) is 7.33. The standard InChI is InChI=1S/C18H18O4/c1-3-21-17(19)11-16-12-7-4-5-8-13(12)18-14(20-2)9-6-10-15(18)22-16/h4-10,16H,3,11H2,1-2H3. The molecule has 22 heavy (non-hydrogen) atoms. The first-order valence-corrected chi connectivity index (χ1v) is 7.33. The zero-order chi connectivity index (χ0) is 15.5. The van der Waals surface area contributed by atoms with Crippen LogP contribution in [0.25, 0.3) is 11.1 Å². The highest BCUT2D eigenvalue weighted by atomic mass is 16.5. The third-order valence-corrected chi connectivity index (χ3v) is 3.71. The molecule has 1 aliphatic heterocycles. The topological polar surface area (TPSA) is 44.8 Å². The third kappa shape index (κ3) is 2.52. The Bertz CT molecular complexity index is 693. The second-order valence-corrected chi connectivity index (χ2v) is 5.04. The smallest absolute Gasteiger partial charge is 0.309 e. The van der Waals surface area contributed by atoms with Crippen LogP contribution in [0.1, 0.15) is 25.0 Å². The minimum Gasteiger partial charge on any atom is -0.496 e. The predicted molar refractivity (Wildman–Crippen MR) is 83.0 cm³/mol. The summed E-state index contributed by atoms with van der Waals surface area (Å²) in [5, 5.41) is 0. The van der Waals surface area contributed by atoms with E-state index in [4.69, 9.17) is 14.2 Å². The molecule has 1 heterocycles. The van der Waals surface area contributed by atoms with Crippen molar-refractivity contribution < 1.29 is 19.0 Å². The quantitative estimate of drug-likeness (QED) is 0.806. The fraction of sp³-hybridized carbons (Fsp3) is 0.278. The molecular formula is C18H18O4. The molecule has 2 aromatic rings. The van der Waals surface area contributed by atoms with Crippen LogP contribution in [0.3, 0.4) is 0 Å². The second-order valence-electron chi connectivity index (χ2n) is 5.04. The summed E-state index contributed by atoms with van der Waals surface area (Å²) in [5.74, 6) is 1.24. The number of esters is 1. The van der Waals surface area contributed by atoms with Crippen molar-refractivity contribution in [3.05, 3.63) is 48.0 Å². The molecule has 1 atom stereocenters. The molecule has 2 aromatic carbocycles. The Balaban J connectivity index is 2.04. The lowest BCUT2D eigenvalue weighted by Gasteiger charge is -2.29. The monoisotopic (exact) mass is 298 g/mol. The summed E-state index contributed by atoms with van der Waals surface area (Å²) in [6.07, 6.45) is -0.142. The number of hydrogen-bond donors (Lipinski definition) is 0. The van der Waals surface area contributed by atoms with Gasteiger partial charge in [-0.05, 0) is 24.6 Å². The highest BCUT2D eigenvalue weighted by molar-refractivity contribution is 5.82. The number of hydrogen-bond acceptors (Lipinski definition) is 4. The van der Waals surface area contributed by atoms with E-state index in [-0.39, 0.29) is 18.5 Å². The third-order valence-electron chi connectivity index (χ3n) is 3.71. The molecule has 1 unspecified atom stereocenters. The van der Waals surface area contributed by atoms with Crippen LogP contribution in [0, 0.1) is 0 Å². The Morgan fingerprint density at radius 2 is 2.00 bits per heavy atom. The molecular weight excluding hydrogens is 280 g/mol. The van der Waals surface area contributed by atoms with Gasteiger partial charge < -0.3 is 14.2 Å². The van der Waals surface area contributed by atoms with E-state index in [0.29, 0.717) is 6.61 Å². The van der Waals surface area contributed by atoms with E-state index in [1.807, 2.05) is 42.5 Å². The van der Waals surface area contributed by atoms with Crippen molar-refractivity contribution in [3.8, 4) is 22.6 Å². The molecule has 0 spiro atoms. The van der Waals surface area contributed by atoms with Crippen molar-refractivity contribution in [3.63, 3.8) is 0 Å². The molecule has 0 radical (unpaired) electrons. The normalized spacial score (nSPS) is 15.3. The molecule has 0 bridgehead atoms. The first kappa shape index (κ1) is 14.4. The summed E-state index contributed by atoms with van der Waals surface area (Å²) < 4.78 is 16.5. The lowest BCUT2D eigenvalue weighted by molar-refractivity contribution is -0.145. The lowest BCUT2D eigenvalue weighted by Crippen LogP contribution is -2.19. The van der Waals surface area contributed by atoms with Gasteiger partial charge in [0.2, 0.25) is 0 Å². The molecule has 1 aliphatic rings. The highest BCUT2D eigenvalue weighted by Crippen LogP contribution is 2.47. The van der Waals surface area contributed by atoms with Gasteiger partial charge in [0.25, 0.3) is 0 Å². The van der Waals surface area contributed by atoms with Crippen LogP contribution >= 0.6 is 0 Å². The Morgan fingerprint density at radius 3 is 2.77 bits per heavy atom. The maximum atomic E-state index is 11.8. The average molecular weight is 298 g/mol. The van der Waals surface area contributed by atoms with E-state index in [0.717, 1.165) is 28.2 Å². The SMILES string of the molecule is CCOC(=O)CC1Oc2cccc(OC)c2-c2ccccc21. The molecule has 0 aliphatic carbocycles. The summed E-state index contributed by atoms with van der Waals surface area (Å²) in [6, 6.07) is 13.6. The maximum Gasteiger partial charge on any atom is 0.309 e. The van der Waals surface area contributed by atoms with Gasteiger partial charge in [-0.15, -0.1) is 0 Å². The fourth-order valence-electron chi connectivity index (χ4n) is 2.79. The number of benzene rings is 2. The summed E-state index contributed by atoms with van der Waals surface area (Å²) >= 11 is 0. The molecule has 0 saturated carbocycles. The molecule has 0 amide bonds. The van der Waals surface area contributed by atoms with Crippen molar-refractivity contribution in [2.24, 2.45) is 0 Å². The van der Waals surface area contributed by atoms with E-state index in [1.54, 1.807) is 14.0 Å². The molecule has 114 valence electrons. The van der Waals surface area contributed by atoms with Gasteiger partial charge in [0.1, 0.15) is 17.6 Å². The van der Waals surface area contributed by atoms with Crippen LogP contribution in [-0.2, 0) is 9.53 Å². The van der Waals surface area contributed by atoms with Crippen molar-refractivity contribution >= 4 is 5.97 Å². The summed E-state index contributed by atoms with van der Waals surface area (Å²) in [7, 11) is 1.64. The van der Waals surface area contributed by atoms with Crippen molar-refractivity contribution in [2.45, 2.75) is 19.4 Å². The van der Waals surface area contributed by atoms with E-state index in [9.17, 15) is 4.79 Å². The lowest BCUT2D eigenvalue weighted by atomic mass is 9.91. The van der Waals surface area contributed by atoms with E-state index >= 15 is 0 Å². The Morgan fingerprint density at radius 1 is 1.18 bits per heavy atom. The van der Waals surface area contributed by atoms with Gasteiger partial charge in [-0.25, -0.2) is 0 Å². The van der Waals surface area contributed by atoms with Gasteiger partial charge in [0.15, 0.2) is 0 Å². The van der Waals surface area contributed by atoms with Gasteiger partial charge >= 0.3 is 5.97 Å². The van der Waals surface area contributed by atoms with E-state index in [2.05, 4.69) is 0 Å². The predicted octanol–water partition coefficient (Wildman–Crippen LogP) is 3.75. The minimum atomic E-state index is -0.338. The van der Waals surface area contributed by atoms with E-state index < -0.39 is 0 Å². The average Bonchev–Trinajstić information content (AvgIpc) is 2.54. The van der Waals surface area contributed by atoms with Crippen LogP contribution in [-0.4, -0.2) is 19.7 Å². The van der Waals surface area contributed by atoms with Crippen LogP contribution in [0.5, 0.6) is 11.5 Å². The summed E-state index contributed by atoms with van der Waals surface area (Å²) in [6.45, 7) is 2.17. The van der Waals surface area contributed by atoms with Crippen molar-refractivity contribution in [1.82, 2.24) is 0 Å². The Kier molecular flexibility index (Phi) is 4.00. The number of fused-ring (bicyclic) bond motifs is 3. The molecule has 0 saturated heterocycles. The first-order chi connectivity index (χ1) is 10.7. The van der Waals surface area contributed by atoms with Crippen LogP contribution < -0.4 is 9.47 Å². The van der Waals surface area contributed by atoms with E-state index in [1.165, 1.54) is 0 Å². The van der Waals surface area contributed by atoms with Gasteiger partial charge in [0.05, 0.1) is 25.7 Å². The second kappa shape index (κ2) is 6.10. The fourth-order valence-corrected chi connectivity index (χ4v) is 2.79. The van der Waals surface area contributed by atoms with Crippen LogP contribution in [0.4, 0.5) is 0 Å².